The maximum Gasteiger partial charge on any atom is 0.434 e. The summed E-state index contributed by atoms with van der Waals surface area (Å²) in [5.74, 6) is 0. The zero-order valence-corrected chi connectivity index (χ0v) is 12.0. The van der Waals surface area contributed by atoms with Gasteiger partial charge in [-0.2, -0.15) is 0 Å². The molecule has 6 heteroatoms. The van der Waals surface area contributed by atoms with Crippen molar-refractivity contribution in [2.45, 2.75) is 25.8 Å². The smallest absolute Gasteiger partial charge is 0.330 e. The molecule has 1 N–H and O–H groups in total. The van der Waals surface area contributed by atoms with Crippen molar-refractivity contribution in [2.24, 2.45) is 0 Å². The zero-order valence-electron chi connectivity index (χ0n) is 11.3. The van der Waals surface area contributed by atoms with Crippen molar-refractivity contribution in [2.75, 3.05) is 13.1 Å². The molecule has 2 rings (SSSR count). The van der Waals surface area contributed by atoms with Gasteiger partial charge in [0, 0.05) is 0 Å². The second-order valence-electron chi connectivity index (χ2n) is 4.37. The lowest BCUT2D eigenvalue weighted by Crippen LogP contribution is -2.27. The monoisotopic (exact) mass is 298 g/mol. The number of rotatable bonds is 3. The van der Waals surface area contributed by atoms with Gasteiger partial charge in [0.15, 0.2) is 0 Å². The molecule has 0 bridgehead atoms. The Balaban J connectivity index is 0.000000276. The van der Waals surface area contributed by atoms with Crippen LogP contribution in [0.2, 0.25) is 0 Å². The summed E-state index contributed by atoms with van der Waals surface area (Å²) in [6, 6.07) is 9.04. The molecule has 20 heavy (non-hydrogen) atoms. The van der Waals surface area contributed by atoms with E-state index in [9.17, 15) is 9.59 Å². The largest absolute Gasteiger partial charge is 0.434 e. The zero-order chi connectivity index (χ0) is 14.6. The minimum absolute atomic E-state index is 0.149. The van der Waals surface area contributed by atoms with E-state index in [0.717, 1.165) is 10.5 Å². The van der Waals surface area contributed by atoms with Crippen LogP contribution >= 0.6 is 11.9 Å². The molecule has 0 aliphatic carbocycles. The first-order chi connectivity index (χ1) is 9.77. The van der Waals surface area contributed by atoms with E-state index in [2.05, 4.69) is 9.61 Å². The number of nitrogens with zero attached hydrogens (tertiary/aromatic N) is 1. The van der Waals surface area contributed by atoms with Crippen LogP contribution < -0.4 is 5.32 Å². The Labute approximate surface area is 124 Å². The number of hydrogen-bond donors (Lipinski definition) is 1. The van der Waals surface area contributed by atoms with Crippen molar-refractivity contribution in [3.63, 3.8) is 0 Å². The highest BCUT2D eigenvalue weighted by Gasteiger charge is 2.13. The molecule has 1 aliphatic heterocycles. The van der Waals surface area contributed by atoms with Crippen molar-refractivity contribution < 1.29 is 13.9 Å². The fourth-order valence-electron chi connectivity index (χ4n) is 1.77. The Hall–Kier alpha value is -1.59. The van der Waals surface area contributed by atoms with Crippen molar-refractivity contribution >= 4 is 24.4 Å². The summed E-state index contributed by atoms with van der Waals surface area (Å²) in [5, 5.41) is 3.28. The molecule has 0 unspecified atom stereocenters. The topological polar surface area (TPSA) is 58.6 Å². The first-order valence-corrected chi connectivity index (χ1v) is 6.88. The predicted molar refractivity (Wildman–Crippen MR) is 77.1 cm³/mol. The van der Waals surface area contributed by atoms with Gasteiger partial charge in [-0.1, -0.05) is 36.8 Å². The van der Waals surface area contributed by atoms with Gasteiger partial charge < -0.3 is 9.61 Å². The minimum Gasteiger partial charge on any atom is -0.330 e. The lowest BCUT2D eigenvalue weighted by Gasteiger charge is -2.11. The van der Waals surface area contributed by atoms with Gasteiger partial charge in [0.2, 0.25) is 6.41 Å². The Morgan fingerprint density at radius 3 is 2.30 bits per heavy atom. The summed E-state index contributed by atoms with van der Waals surface area (Å²) in [4.78, 5) is 22.2. The molecule has 110 valence electrons. The van der Waals surface area contributed by atoms with Gasteiger partial charge >= 0.3 is 6.09 Å². The third-order valence-corrected chi connectivity index (χ3v) is 2.96. The maximum absolute atomic E-state index is 10.9. The SMILES string of the molecule is C1CCNCC1.O=CN(Cc1ccccc1)C(=O)OCl. The van der Waals surface area contributed by atoms with E-state index in [0.29, 0.717) is 6.41 Å². The Morgan fingerprint density at radius 1 is 1.25 bits per heavy atom. The molecule has 1 heterocycles. The summed E-state index contributed by atoms with van der Waals surface area (Å²) in [7, 11) is 0. The van der Waals surface area contributed by atoms with Crippen LogP contribution in [0.15, 0.2) is 30.3 Å². The predicted octanol–water partition coefficient (Wildman–Crippen LogP) is 2.70. The number of halogens is 1. The highest BCUT2D eigenvalue weighted by Crippen LogP contribution is 2.04. The van der Waals surface area contributed by atoms with Crippen LogP contribution in [0.4, 0.5) is 4.79 Å². The number of imide groups is 1. The van der Waals surface area contributed by atoms with E-state index in [4.69, 9.17) is 11.9 Å². The highest BCUT2D eigenvalue weighted by molar-refractivity contribution is 6.13. The van der Waals surface area contributed by atoms with Gasteiger partial charge in [-0.3, -0.25) is 4.79 Å². The molecule has 0 radical (unpaired) electrons. The van der Waals surface area contributed by atoms with Crippen LogP contribution in [0.1, 0.15) is 24.8 Å². The van der Waals surface area contributed by atoms with Crippen molar-refractivity contribution in [1.82, 2.24) is 10.2 Å². The first kappa shape index (κ1) is 16.5. The standard InChI is InChI=1S/C9H8ClNO3.C5H11N/c10-14-9(13)11(7-12)6-8-4-2-1-3-5-8;1-2-4-6-5-3-1/h1-5,7H,6H2;6H,1-5H2. The van der Waals surface area contributed by atoms with E-state index in [1.54, 1.807) is 12.1 Å². The molecule has 1 aromatic rings. The van der Waals surface area contributed by atoms with Crippen LogP contribution in [0.5, 0.6) is 0 Å². The van der Waals surface area contributed by atoms with Crippen molar-refractivity contribution in [1.29, 1.82) is 0 Å². The van der Waals surface area contributed by atoms with E-state index >= 15 is 0 Å². The van der Waals surface area contributed by atoms with Gasteiger partial charge in [0.1, 0.15) is 11.9 Å². The van der Waals surface area contributed by atoms with E-state index in [1.807, 2.05) is 18.2 Å². The highest BCUT2D eigenvalue weighted by atomic mass is 35.5. The van der Waals surface area contributed by atoms with E-state index in [1.165, 1.54) is 32.4 Å². The molecule has 2 amide bonds. The minimum atomic E-state index is -0.884. The van der Waals surface area contributed by atoms with Gasteiger partial charge in [-0.05, 0) is 31.5 Å². The number of benzene rings is 1. The molecule has 1 fully saturated rings. The fraction of sp³-hybridized carbons (Fsp3) is 0.429. The van der Waals surface area contributed by atoms with Crippen molar-refractivity contribution in [3.8, 4) is 0 Å². The first-order valence-electron chi connectivity index (χ1n) is 6.57. The number of piperidine rings is 1. The average Bonchev–Trinajstić information content (AvgIpc) is 2.55. The molecule has 1 aromatic carbocycles. The quantitative estimate of drug-likeness (QED) is 0.872. The third-order valence-electron chi connectivity index (χ3n) is 2.83. The van der Waals surface area contributed by atoms with Gasteiger partial charge in [-0.25, -0.2) is 9.69 Å². The average molecular weight is 299 g/mol. The summed E-state index contributed by atoms with van der Waals surface area (Å²) >= 11 is 4.84. The number of amides is 2. The van der Waals surface area contributed by atoms with Gasteiger partial charge in [-0.15, -0.1) is 0 Å². The van der Waals surface area contributed by atoms with E-state index < -0.39 is 6.09 Å². The Kier molecular flexibility index (Phi) is 8.42. The Bertz CT molecular complexity index is 385. The Morgan fingerprint density at radius 2 is 1.90 bits per heavy atom. The van der Waals surface area contributed by atoms with Crippen LogP contribution in [0.25, 0.3) is 0 Å². The molecule has 0 saturated carbocycles. The lowest BCUT2D eigenvalue weighted by atomic mass is 10.2. The second kappa shape index (κ2) is 10.2. The normalized spacial score (nSPS) is 13.7. The van der Waals surface area contributed by atoms with E-state index in [-0.39, 0.29) is 6.54 Å². The summed E-state index contributed by atoms with van der Waals surface area (Å²) in [6.45, 7) is 2.65. The number of hydrogen-bond acceptors (Lipinski definition) is 4. The van der Waals surface area contributed by atoms with Crippen LogP contribution in [0.3, 0.4) is 0 Å². The molecule has 0 aromatic heterocycles. The number of carbonyl (C=O) groups is 2. The molecule has 5 nitrogen and oxygen atoms in total. The van der Waals surface area contributed by atoms with Gasteiger partial charge in [0.25, 0.3) is 0 Å². The molecular formula is C14H19ClN2O3. The van der Waals surface area contributed by atoms with Crippen LogP contribution in [0, 0.1) is 0 Å². The number of nitrogens with one attached hydrogen (secondary N) is 1. The maximum atomic E-state index is 10.9. The van der Waals surface area contributed by atoms with Crippen LogP contribution in [-0.4, -0.2) is 30.5 Å². The third kappa shape index (κ3) is 6.54. The van der Waals surface area contributed by atoms with Crippen molar-refractivity contribution in [3.05, 3.63) is 35.9 Å². The molecule has 0 spiro atoms. The summed E-state index contributed by atoms with van der Waals surface area (Å²) in [5.41, 5.74) is 0.821. The molecular weight excluding hydrogens is 280 g/mol. The lowest BCUT2D eigenvalue weighted by molar-refractivity contribution is -0.116. The summed E-state index contributed by atoms with van der Waals surface area (Å²) < 4.78 is 3.90. The number of carbonyl (C=O) groups excluding carboxylic acids is 2. The second-order valence-corrected chi connectivity index (χ2v) is 4.53. The summed E-state index contributed by atoms with van der Waals surface area (Å²) in [6.07, 6.45) is 3.70. The van der Waals surface area contributed by atoms with Gasteiger partial charge in [0.05, 0.1) is 6.54 Å². The fourth-order valence-corrected chi connectivity index (χ4v) is 1.86. The van der Waals surface area contributed by atoms with Crippen LogP contribution in [-0.2, 0) is 15.6 Å². The molecule has 0 atom stereocenters. The molecule has 1 saturated heterocycles. The molecule has 1 aliphatic rings.